The first kappa shape index (κ1) is 19.2. The predicted octanol–water partition coefficient (Wildman–Crippen LogP) is 2.54. The molecule has 0 saturated carbocycles. The number of nitrogens with one attached hydrogen (secondary N) is 1. The molecule has 1 aromatic carbocycles. The van der Waals surface area contributed by atoms with Crippen molar-refractivity contribution in [3.05, 3.63) is 29.8 Å². The zero-order valence-electron chi connectivity index (χ0n) is 13.9. The molecule has 1 N–H and O–H groups in total. The van der Waals surface area contributed by atoms with Crippen molar-refractivity contribution in [2.24, 2.45) is 0 Å². The maximum Gasteiger partial charge on any atom is 0.317 e. The molecule has 1 fully saturated rings. The van der Waals surface area contributed by atoms with E-state index in [0.717, 1.165) is 25.9 Å². The van der Waals surface area contributed by atoms with E-state index in [1.807, 2.05) is 6.07 Å². The molecule has 1 aliphatic rings. The Morgan fingerprint density at radius 1 is 1.40 bits per heavy atom. The highest BCUT2D eigenvalue weighted by Gasteiger charge is 2.21. The van der Waals surface area contributed by atoms with Crippen molar-refractivity contribution in [2.45, 2.75) is 25.9 Å². The van der Waals surface area contributed by atoms with E-state index in [-0.39, 0.29) is 5.75 Å². The Bertz CT molecular complexity index is 697. The average Bonchev–Trinajstić information content (AvgIpc) is 3.14. The monoisotopic (exact) mass is 377 g/mol. The molecule has 8 heteroatoms. The van der Waals surface area contributed by atoms with Crippen molar-refractivity contribution in [2.75, 3.05) is 24.2 Å². The van der Waals surface area contributed by atoms with Gasteiger partial charge in [0.15, 0.2) is 6.10 Å². The molecular weight excluding hydrogens is 358 g/mol. The van der Waals surface area contributed by atoms with Gasteiger partial charge in [0.2, 0.25) is 0 Å². The average molecular weight is 377 g/mol. The minimum absolute atomic E-state index is 0.0712. The van der Waals surface area contributed by atoms with Crippen LogP contribution in [0.25, 0.3) is 0 Å². The lowest BCUT2D eigenvalue weighted by molar-refractivity contribution is -0.150. The van der Waals surface area contributed by atoms with Crippen molar-refractivity contribution in [1.29, 1.82) is 5.26 Å². The topological polar surface area (TPSA) is 82.4 Å². The molecule has 1 amide bonds. The molecule has 25 heavy (non-hydrogen) atoms. The van der Waals surface area contributed by atoms with E-state index in [9.17, 15) is 9.59 Å². The number of anilines is 1. The summed E-state index contributed by atoms with van der Waals surface area (Å²) in [7, 11) is 0. The van der Waals surface area contributed by atoms with Gasteiger partial charge in [0.25, 0.3) is 5.91 Å². The third-order valence-electron chi connectivity index (χ3n) is 3.66. The van der Waals surface area contributed by atoms with Crippen LogP contribution >= 0.6 is 24.0 Å². The third-order valence-corrected chi connectivity index (χ3v) is 5.16. The summed E-state index contributed by atoms with van der Waals surface area (Å²) in [6, 6.07) is 8.63. The van der Waals surface area contributed by atoms with Crippen LogP contribution < -0.4 is 5.32 Å². The number of carbonyl (C=O) groups excluding carboxylic acids is 2. The summed E-state index contributed by atoms with van der Waals surface area (Å²) in [5.41, 5.74) is 0.739. The summed E-state index contributed by atoms with van der Waals surface area (Å²) < 4.78 is 5.83. The van der Waals surface area contributed by atoms with Gasteiger partial charge in [0, 0.05) is 13.1 Å². The molecule has 1 atom stereocenters. The van der Waals surface area contributed by atoms with Gasteiger partial charge in [-0.1, -0.05) is 36.1 Å². The highest BCUT2D eigenvalue weighted by Crippen LogP contribution is 2.17. The molecule has 6 nitrogen and oxygen atoms in total. The van der Waals surface area contributed by atoms with Crippen molar-refractivity contribution < 1.29 is 14.3 Å². The number of likely N-dealkylation sites (tertiary alicyclic amines) is 1. The third kappa shape index (κ3) is 5.73. The molecule has 0 aliphatic carbocycles. The quantitative estimate of drug-likeness (QED) is 0.624. The van der Waals surface area contributed by atoms with E-state index in [1.54, 1.807) is 24.3 Å². The number of nitrogens with zero attached hydrogens (tertiary/aromatic N) is 2. The fraction of sp³-hybridized carbons (Fsp3) is 0.412. The summed E-state index contributed by atoms with van der Waals surface area (Å²) in [5, 5.41) is 11.6. The Morgan fingerprint density at radius 3 is 2.76 bits per heavy atom. The Hall–Kier alpha value is -2.11. The zero-order valence-corrected chi connectivity index (χ0v) is 15.5. The molecule has 0 spiro atoms. The van der Waals surface area contributed by atoms with Gasteiger partial charge in [-0.25, -0.2) is 0 Å². The minimum Gasteiger partial charge on any atom is -0.452 e. The van der Waals surface area contributed by atoms with Gasteiger partial charge in [-0.15, -0.1) is 0 Å². The van der Waals surface area contributed by atoms with Crippen LogP contribution in [0.4, 0.5) is 5.69 Å². The van der Waals surface area contributed by atoms with Gasteiger partial charge >= 0.3 is 5.97 Å². The summed E-state index contributed by atoms with van der Waals surface area (Å²) in [6.45, 7) is 3.35. The number of nitriles is 1. The summed E-state index contributed by atoms with van der Waals surface area (Å²) in [4.78, 5) is 26.1. The number of amides is 1. The summed E-state index contributed by atoms with van der Waals surface area (Å²) in [6.07, 6.45) is 1.28. The first-order chi connectivity index (χ1) is 12.0. The number of para-hydroxylation sites is 1. The molecule has 0 radical (unpaired) electrons. The van der Waals surface area contributed by atoms with E-state index in [0.29, 0.717) is 15.6 Å². The lowest BCUT2D eigenvalue weighted by Crippen LogP contribution is -2.31. The second-order valence-electron chi connectivity index (χ2n) is 5.53. The number of hydrogen-bond donors (Lipinski definition) is 1. The molecule has 1 heterocycles. The molecule has 0 unspecified atom stereocenters. The lowest BCUT2D eigenvalue weighted by atomic mass is 10.2. The zero-order chi connectivity index (χ0) is 18.2. The second-order valence-corrected chi connectivity index (χ2v) is 7.14. The van der Waals surface area contributed by atoms with Gasteiger partial charge in [0.05, 0.1) is 17.0 Å². The standard InChI is InChI=1S/C17H19N3O3S2/c1-12(16(22)19-14-7-3-2-6-13(14)10-18)23-15(21)11-25-17(24)20-8-4-5-9-20/h2-3,6-7,12H,4-5,8-9,11H2,1H3,(H,19,22)/t12-/m1/s1. The molecule has 1 saturated heterocycles. The molecule has 0 bridgehead atoms. The van der Waals surface area contributed by atoms with Gasteiger partial charge in [-0.3, -0.25) is 9.59 Å². The van der Waals surface area contributed by atoms with Crippen molar-refractivity contribution >= 4 is 45.9 Å². The Labute approximate surface area is 156 Å². The Kier molecular flexibility index (Phi) is 7.22. The van der Waals surface area contributed by atoms with Crippen LogP contribution in [0.15, 0.2) is 24.3 Å². The maximum atomic E-state index is 12.1. The van der Waals surface area contributed by atoms with E-state index in [2.05, 4.69) is 10.2 Å². The molecule has 0 aromatic heterocycles. The number of ether oxygens (including phenoxy) is 1. The van der Waals surface area contributed by atoms with Crippen LogP contribution in [0.5, 0.6) is 0 Å². The first-order valence-corrected chi connectivity index (χ1v) is 9.32. The van der Waals surface area contributed by atoms with Crippen LogP contribution in [-0.4, -0.2) is 46.0 Å². The normalized spacial score (nSPS) is 14.5. The van der Waals surface area contributed by atoms with Gasteiger partial charge < -0.3 is 15.0 Å². The number of thiocarbonyl (C=S) groups is 1. The summed E-state index contributed by atoms with van der Waals surface area (Å²) >= 11 is 6.54. The highest BCUT2D eigenvalue weighted by atomic mass is 32.2. The van der Waals surface area contributed by atoms with Crippen LogP contribution in [0, 0.1) is 11.3 Å². The Balaban J connectivity index is 1.79. The van der Waals surface area contributed by atoms with E-state index in [4.69, 9.17) is 22.2 Å². The van der Waals surface area contributed by atoms with Crippen molar-refractivity contribution in [3.63, 3.8) is 0 Å². The van der Waals surface area contributed by atoms with E-state index < -0.39 is 18.0 Å². The fourth-order valence-electron chi connectivity index (χ4n) is 2.32. The predicted molar refractivity (Wildman–Crippen MR) is 101 cm³/mol. The van der Waals surface area contributed by atoms with E-state index in [1.165, 1.54) is 18.7 Å². The minimum atomic E-state index is -0.958. The fourth-order valence-corrected chi connectivity index (χ4v) is 3.35. The van der Waals surface area contributed by atoms with Crippen LogP contribution in [0.1, 0.15) is 25.3 Å². The van der Waals surface area contributed by atoms with E-state index >= 15 is 0 Å². The molecule has 1 aromatic rings. The number of rotatable bonds is 5. The molecule has 2 rings (SSSR count). The van der Waals surface area contributed by atoms with Crippen molar-refractivity contribution in [1.82, 2.24) is 4.90 Å². The number of carbonyl (C=O) groups is 2. The van der Waals surface area contributed by atoms with Crippen LogP contribution in [-0.2, 0) is 14.3 Å². The van der Waals surface area contributed by atoms with Gasteiger partial charge in [-0.2, -0.15) is 5.26 Å². The number of benzene rings is 1. The highest BCUT2D eigenvalue weighted by molar-refractivity contribution is 8.23. The van der Waals surface area contributed by atoms with Crippen LogP contribution in [0.3, 0.4) is 0 Å². The second kappa shape index (κ2) is 9.39. The maximum absolute atomic E-state index is 12.1. The number of esters is 1. The largest absolute Gasteiger partial charge is 0.452 e. The number of thioether (sulfide) groups is 1. The Morgan fingerprint density at radius 2 is 2.08 bits per heavy atom. The van der Waals surface area contributed by atoms with Gasteiger partial charge in [-0.05, 0) is 31.9 Å². The lowest BCUT2D eigenvalue weighted by Gasteiger charge is -2.18. The summed E-state index contributed by atoms with van der Waals surface area (Å²) in [5.74, 6) is -0.909. The van der Waals surface area contributed by atoms with Gasteiger partial charge in [0.1, 0.15) is 10.4 Å². The molecular formula is C17H19N3O3S2. The van der Waals surface area contributed by atoms with Crippen molar-refractivity contribution in [3.8, 4) is 6.07 Å². The SMILES string of the molecule is C[C@@H](OC(=O)CSC(=S)N1CCCC1)C(=O)Nc1ccccc1C#N. The van der Waals surface area contributed by atoms with Crippen LogP contribution in [0.2, 0.25) is 0 Å². The number of hydrogen-bond acceptors (Lipinski definition) is 6. The smallest absolute Gasteiger partial charge is 0.317 e. The molecule has 1 aliphatic heterocycles. The molecule has 132 valence electrons. The first-order valence-electron chi connectivity index (χ1n) is 7.92.